The highest BCUT2D eigenvalue weighted by molar-refractivity contribution is 5.89. The van der Waals surface area contributed by atoms with Crippen LogP contribution in [0.1, 0.15) is 234 Å². The first-order valence-electron chi connectivity index (χ1n) is 26.4. The molecule has 0 unspecified atom stereocenters. The van der Waals surface area contributed by atoms with Crippen LogP contribution in [-0.4, -0.2) is 106 Å². The van der Waals surface area contributed by atoms with E-state index in [1.54, 1.807) is 25.7 Å². The third-order valence-electron chi connectivity index (χ3n) is 12.3. The summed E-state index contributed by atoms with van der Waals surface area (Å²) in [5.41, 5.74) is -0.752. The van der Waals surface area contributed by atoms with Gasteiger partial charge in [0, 0.05) is 13.0 Å². The largest absolute Gasteiger partial charge is 0.444 e. The van der Waals surface area contributed by atoms with Crippen molar-refractivity contribution in [2.24, 2.45) is 0 Å². The Morgan fingerprint density at radius 2 is 1.11 bits per heavy atom. The van der Waals surface area contributed by atoms with Gasteiger partial charge >= 0.3 is 6.09 Å². The van der Waals surface area contributed by atoms with Crippen molar-refractivity contribution < 1.29 is 44.0 Å². The Bertz CT molecular complexity index is 1260. The molecule has 0 bridgehead atoms. The number of aliphatic hydroxyl groups excluding tert-OH is 3. The summed E-state index contributed by atoms with van der Waals surface area (Å²) in [6, 6.07) is -2.36. The molecular formula is C52H98N4O9. The minimum Gasteiger partial charge on any atom is -0.444 e. The van der Waals surface area contributed by atoms with Crippen LogP contribution in [0.3, 0.4) is 0 Å². The smallest absolute Gasteiger partial charge is 0.408 e. The molecule has 0 spiro atoms. The van der Waals surface area contributed by atoms with Gasteiger partial charge < -0.3 is 45.6 Å². The van der Waals surface area contributed by atoms with Gasteiger partial charge in [-0.2, -0.15) is 0 Å². The van der Waals surface area contributed by atoms with E-state index in [0.29, 0.717) is 19.4 Å². The van der Waals surface area contributed by atoms with Crippen LogP contribution in [0.5, 0.6) is 0 Å². The summed E-state index contributed by atoms with van der Waals surface area (Å²) in [5.74, 6) is -1.51. The van der Waals surface area contributed by atoms with Crippen LogP contribution in [-0.2, 0) is 23.9 Å². The van der Waals surface area contributed by atoms with Crippen molar-refractivity contribution in [2.45, 2.75) is 276 Å². The predicted molar refractivity (Wildman–Crippen MR) is 262 cm³/mol. The second-order valence-corrected chi connectivity index (χ2v) is 19.6. The second-order valence-electron chi connectivity index (χ2n) is 19.6. The number of allylic oxidation sites excluding steroid dienone is 2. The number of carbonyl (C=O) groups excluding carboxylic acids is 4. The highest BCUT2D eigenvalue weighted by atomic mass is 16.6. The molecule has 6 atom stereocenters. The lowest BCUT2D eigenvalue weighted by molar-refractivity contribution is -0.231. The molecule has 65 heavy (non-hydrogen) atoms. The Labute approximate surface area is 395 Å². The van der Waals surface area contributed by atoms with E-state index in [9.17, 15) is 34.5 Å². The van der Waals surface area contributed by atoms with Crippen LogP contribution in [0.2, 0.25) is 0 Å². The van der Waals surface area contributed by atoms with Gasteiger partial charge in [-0.05, 0) is 66.2 Å². The molecule has 13 nitrogen and oxygen atoms in total. The van der Waals surface area contributed by atoms with Gasteiger partial charge in [0.05, 0.1) is 6.61 Å². The number of unbranched alkanes of at least 4 members (excludes halogenated alkanes) is 26. The molecule has 1 heterocycles. The SMILES string of the molecule is CCCCCCCCC=CCCCCCCCC(=O)N(CCCCCCCCCCCCCCCCCC)[C@@H]1O[C@H](CO)[C@@H](O)[C@H](O)[C@H]1NC(=O)[C@H](C)NC(=O)CNC(=O)OC(C)(C)C. The van der Waals surface area contributed by atoms with Crippen molar-refractivity contribution >= 4 is 23.8 Å². The van der Waals surface area contributed by atoms with Crippen molar-refractivity contribution in [3.05, 3.63) is 12.2 Å². The molecule has 13 heteroatoms. The zero-order valence-corrected chi connectivity index (χ0v) is 42.2. The van der Waals surface area contributed by atoms with E-state index in [1.807, 2.05) is 0 Å². The monoisotopic (exact) mass is 923 g/mol. The first-order chi connectivity index (χ1) is 31.2. The van der Waals surface area contributed by atoms with E-state index in [-0.39, 0.29) is 12.3 Å². The molecular weight excluding hydrogens is 825 g/mol. The standard InChI is InChI=1S/C52H98N4O9/c1-7-9-11-13-15-17-19-21-23-25-27-29-31-33-35-37-39-56(45(59)38-36-34-32-30-28-26-24-22-20-18-16-14-12-10-8-2)50-46(48(61)47(60)43(41-57)64-50)55-49(62)42(3)54-44(58)40-53-51(63)65-52(4,5)6/h22,24,42-43,46-48,50,57,60-61H,7-21,23,25-41H2,1-6H3,(H,53,63)(H,54,58)(H,55,62)/t42-,43+,46+,47+,48+,50+/m0/s1. The minimum atomic E-state index is -1.58. The molecule has 6 N–H and O–H groups in total. The number of hydrogen-bond acceptors (Lipinski definition) is 9. The fourth-order valence-electron chi connectivity index (χ4n) is 8.35. The van der Waals surface area contributed by atoms with Gasteiger partial charge in [-0.15, -0.1) is 0 Å². The summed E-state index contributed by atoms with van der Waals surface area (Å²) >= 11 is 0. The fraction of sp³-hybridized carbons (Fsp3) is 0.885. The molecule has 1 aliphatic rings. The molecule has 380 valence electrons. The number of alkyl carbamates (subject to hydrolysis) is 1. The zero-order valence-electron chi connectivity index (χ0n) is 42.2. The van der Waals surface area contributed by atoms with Crippen LogP contribution in [0.25, 0.3) is 0 Å². The van der Waals surface area contributed by atoms with E-state index in [0.717, 1.165) is 57.8 Å². The number of amides is 4. The van der Waals surface area contributed by atoms with Gasteiger partial charge in [0.2, 0.25) is 17.7 Å². The normalized spacial score (nSPS) is 19.2. The molecule has 0 radical (unpaired) electrons. The molecule has 0 aromatic heterocycles. The van der Waals surface area contributed by atoms with Gasteiger partial charge in [0.15, 0.2) is 6.23 Å². The van der Waals surface area contributed by atoms with Gasteiger partial charge in [-0.25, -0.2) is 4.79 Å². The molecule has 0 aromatic rings. The highest BCUT2D eigenvalue weighted by Gasteiger charge is 2.48. The summed E-state index contributed by atoms with van der Waals surface area (Å²) in [6.45, 7) is 10.3. The number of hydrogen-bond donors (Lipinski definition) is 6. The van der Waals surface area contributed by atoms with Crippen LogP contribution in [0.4, 0.5) is 4.79 Å². The number of rotatable bonds is 39. The third-order valence-corrected chi connectivity index (χ3v) is 12.3. The van der Waals surface area contributed by atoms with Crippen molar-refractivity contribution in [3.63, 3.8) is 0 Å². The lowest BCUT2D eigenvalue weighted by atomic mass is 9.94. The molecule has 1 aliphatic heterocycles. The minimum absolute atomic E-state index is 0.178. The molecule has 4 amide bonds. The van der Waals surface area contributed by atoms with E-state index < -0.39 is 73.3 Å². The predicted octanol–water partition coefficient (Wildman–Crippen LogP) is 10.1. The zero-order chi connectivity index (χ0) is 48.1. The molecule has 1 fully saturated rings. The Hall–Kier alpha value is -2.74. The number of ether oxygens (including phenoxy) is 2. The maximum absolute atomic E-state index is 14.1. The lowest BCUT2D eigenvalue weighted by Gasteiger charge is -2.47. The van der Waals surface area contributed by atoms with Gasteiger partial charge in [-0.3, -0.25) is 14.4 Å². The van der Waals surface area contributed by atoms with Gasteiger partial charge in [0.25, 0.3) is 0 Å². The highest BCUT2D eigenvalue weighted by Crippen LogP contribution is 2.26. The number of nitrogens with one attached hydrogen (secondary N) is 3. The first-order valence-corrected chi connectivity index (χ1v) is 26.4. The average Bonchev–Trinajstić information content (AvgIpc) is 3.26. The third kappa shape index (κ3) is 30.3. The topological polar surface area (TPSA) is 187 Å². The van der Waals surface area contributed by atoms with Crippen LogP contribution >= 0.6 is 0 Å². The Morgan fingerprint density at radius 3 is 1.57 bits per heavy atom. The molecule has 1 rings (SSSR count). The number of aliphatic hydroxyl groups is 3. The number of carbonyl (C=O) groups is 4. The fourth-order valence-corrected chi connectivity index (χ4v) is 8.35. The molecule has 0 aromatic carbocycles. The van der Waals surface area contributed by atoms with Crippen LogP contribution in [0.15, 0.2) is 12.2 Å². The summed E-state index contributed by atoms with van der Waals surface area (Å²) in [5, 5.41) is 40.0. The summed E-state index contributed by atoms with van der Waals surface area (Å²) in [4.78, 5) is 53.8. The Morgan fingerprint density at radius 1 is 0.662 bits per heavy atom. The summed E-state index contributed by atoms with van der Waals surface area (Å²) < 4.78 is 11.3. The maximum atomic E-state index is 14.1. The second kappa shape index (κ2) is 38.3. The number of nitrogens with zero attached hydrogens (tertiary/aromatic N) is 1. The Kier molecular flexibility index (Phi) is 35.5. The lowest BCUT2D eigenvalue weighted by Crippen LogP contribution is -2.69. The van der Waals surface area contributed by atoms with Crippen LogP contribution < -0.4 is 16.0 Å². The van der Waals surface area contributed by atoms with E-state index in [1.165, 1.54) is 122 Å². The van der Waals surface area contributed by atoms with Crippen molar-refractivity contribution in [2.75, 3.05) is 19.7 Å². The molecule has 0 aliphatic carbocycles. The van der Waals surface area contributed by atoms with Crippen molar-refractivity contribution in [1.82, 2.24) is 20.9 Å². The van der Waals surface area contributed by atoms with Crippen molar-refractivity contribution in [3.8, 4) is 0 Å². The average molecular weight is 923 g/mol. The molecule has 0 saturated carbocycles. The van der Waals surface area contributed by atoms with E-state index >= 15 is 0 Å². The molecule has 1 saturated heterocycles. The first kappa shape index (κ1) is 60.3. The van der Waals surface area contributed by atoms with Crippen LogP contribution in [0, 0.1) is 0 Å². The van der Waals surface area contributed by atoms with E-state index in [4.69, 9.17) is 9.47 Å². The van der Waals surface area contributed by atoms with Gasteiger partial charge in [0.1, 0.15) is 42.5 Å². The van der Waals surface area contributed by atoms with Crippen molar-refractivity contribution in [1.29, 1.82) is 0 Å². The summed E-state index contributed by atoms with van der Waals surface area (Å²) in [7, 11) is 0. The quantitative estimate of drug-likeness (QED) is 0.0258. The maximum Gasteiger partial charge on any atom is 0.408 e. The van der Waals surface area contributed by atoms with Gasteiger partial charge in [-0.1, -0.05) is 174 Å². The summed E-state index contributed by atoms with van der Waals surface area (Å²) in [6.07, 6.45) is 33.0. The van der Waals surface area contributed by atoms with E-state index in [2.05, 4.69) is 41.9 Å². The Balaban J connectivity index is 2.83.